The van der Waals surface area contributed by atoms with Gasteiger partial charge in [-0.05, 0) is 45.2 Å². The lowest BCUT2D eigenvalue weighted by molar-refractivity contribution is -0.0207. The van der Waals surface area contributed by atoms with Crippen molar-refractivity contribution in [2.75, 3.05) is 20.1 Å². The number of aliphatic hydroxyl groups is 1. The van der Waals surface area contributed by atoms with Crippen molar-refractivity contribution in [1.29, 1.82) is 0 Å². The molecule has 1 saturated heterocycles. The molecule has 4 fully saturated rings. The number of hydrogen-bond donors (Lipinski definition) is 2. The molecule has 0 amide bonds. The maximum Gasteiger partial charge on any atom is 0.0669 e. The first-order chi connectivity index (χ1) is 6.65. The summed E-state index contributed by atoms with van der Waals surface area (Å²) in [5.41, 5.74) is -0.271. The van der Waals surface area contributed by atoms with Gasteiger partial charge in [-0.1, -0.05) is 0 Å². The van der Waals surface area contributed by atoms with E-state index in [-0.39, 0.29) is 5.60 Å². The SMILES string of the molecule is CN1CC[C@@H](NC2CC3(O)CC2C3)C1. The van der Waals surface area contributed by atoms with Crippen LogP contribution in [0.3, 0.4) is 0 Å². The Bertz CT molecular complexity index is 237. The summed E-state index contributed by atoms with van der Waals surface area (Å²) in [5, 5.41) is 13.6. The van der Waals surface area contributed by atoms with Crippen molar-refractivity contribution in [1.82, 2.24) is 10.2 Å². The molecule has 1 heterocycles. The van der Waals surface area contributed by atoms with Gasteiger partial charge in [0, 0.05) is 18.6 Å². The van der Waals surface area contributed by atoms with Gasteiger partial charge in [-0.25, -0.2) is 0 Å². The van der Waals surface area contributed by atoms with Crippen LogP contribution in [0.25, 0.3) is 0 Å². The molecule has 0 radical (unpaired) electrons. The Balaban J connectivity index is 1.54. The van der Waals surface area contributed by atoms with Crippen LogP contribution < -0.4 is 5.32 Å². The average molecular weight is 196 g/mol. The normalized spacial score (nSPS) is 52.3. The van der Waals surface area contributed by atoms with Gasteiger partial charge in [0.1, 0.15) is 0 Å². The molecular weight excluding hydrogens is 176 g/mol. The fourth-order valence-corrected chi connectivity index (χ4v) is 3.51. The predicted molar refractivity (Wildman–Crippen MR) is 55.1 cm³/mol. The second kappa shape index (κ2) is 2.94. The first kappa shape index (κ1) is 9.13. The second-order valence-electron chi connectivity index (χ2n) is 5.62. The number of nitrogens with zero attached hydrogens (tertiary/aromatic N) is 1. The van der Waals surface area contributed by atoms with E-state index in [0.29, 0.717) is 12.1 Å². The fourth-order valence-electron chi connectivity index (χ4n) is 3.51. The van der Waals surface area contributed by atoms with E-state index in [2.05, 4.69) is 17.3 Å². The largest absolute Gasteiger partial charge is 0.390 e. The van der Waals surface area contributed by atoms with Crippen LogP contribution in [0.2, 0.25) is 0 Å². The smallest absolute Gasteiger partial charge is 0.0669 e. The van der Waals surface area contributed by atoms with E-state index in [9.17, 15) is 5.11 Å². The second-order valence-corrected chi connectivity index (χ2v) is 5.62. The number of rotatable bonds is 2. The molecule has 0 aromatic heterocycles. The van der Waals surface area contributed by atoms with Crippen molar-refractivity contribution in [3.05, 3.63) is 0 Å². The van der Waals surface area contributed by atoms with Crippen molar-refractivity contribution in [2.45, 2.75) is 43.4 Å². The Morgan fingerprint density at radius 3 is 2.64 bits per heavy atom. The average Bonchev–Trinajstić information content (AvgIpc) is 2.65. The third-order valence-electron chi connectivity index (χ3n) is 4.29. The van der Waals surface area contributed by atoms with E-state index >= 15 is 0 Å². The number of likely N-dealkylation sites (N-methyl/N-ethyl adjacent to an activating group) is 1. The van der Waals surface area contributed by atoms with Crippen LogP contribution in [0.4, 0.5) is 0 Å². The van der Waals surface area contributed by atoms with Crippen LogP contribution in [0, 0.1) is 5.92 Å². The third kappa shape index (κ3) is 1.38. The summed E-state index contributed by atoms with van der Waals surface area (Å²) < 4.78 is 0. The molecule has 2 bridgehead atoms. The summed E-state index contributed by atoms with van der Waals surface area (Å²) in [5.74, 6) is 0.769. The van der Waals surface area contributed by atoms with Gasteiger partial charge in [0.25, 0.3) is 0 Å². The number of likely N-dealkylation sites (tertiary alicyclic amines) is 1. The lowest BCUT2D eigenvalue weighted by Crippen LogP contribution is -2.41. The minimum Gasteiger partial charge on any atom is -0.390 e. The molecule has 4 aliphatic rings. The molecule has 1 aliphatic heterocycles. The van der Waals surface area contributed by atoms with Gasteiger partial charge in [-0.15, -0.1) is 0 Å². The highest BCUT2D eigenvalue weighted by molar-refractivity contribution is 5.10. The molecule has 0 aromatic rings. The maximum atomic E-state index is 9.91. The van der Waals surface area contributed by atoms with Gasteiger partial charge < -0.3 is 15.3 Å². The van der Waals surface area contributed by atoms with Crippen molar-refractivity contribution < 1.29 is 5.11 Å². The van der Waals surface area contributed by atoms with Gasteiger partial charge in [0.2, 0.25) is 0 Å². The van der Waals surface area contributed by atoms with Crippen LogP contribution in [-0.2, 0) is 0 Å². The van der Waals surface area contributed by atoms with Gasteiger partial charge in [-0.3, -0.25) is 0 Å². The quantitative estimate of drug-likeness (QED) is 0.662. The molecule has 0 spiro atoms. The standard InChI is InChI=1S/C11H20N2O/c1-13-3-2-9(7-13)12-10-6-11(14)4-8(10)5-11/h8-10,12,14H,2-7H2,1H3/t8?,9-,10?,11?/m1/s1. The van der Waals surface area contributed by atoms with Gasteiger partial charge >= 0.3 is 0 Å². The minimum absolute atomic E-state index is 0.271. The molecule has 14 heavy (non-hydrogen) atoms. The fraction of sp³-hybridized carbons (Fsp3) is 1.00. The molecule has 1 unspecified atom stereocenters. The lowest BCUT2D eigenvalue weighted by Gasteiger charge is -2.33. The monoisotopic (exact) mass is 196 g/mol. The first-order valence-electron chi connectivity index (χ1n) is 5.82. The summed E-state index contributed by atoms with van der Waals surface area (Å²) in [6.45, 7) is 2.40. The molecule has 4 rings (SSSR count). The molecule has 3 aliphatic carbocycles. The summed E-state index contributed by atoms with van der Waals surface area (Å²) in [7, 11) is 2.18. The molecule has 2 atom stereocenters. The Labute approximate surface area is 85.5 Å². The number of fused-ring (bicyclic) bond motifs is 1. The molecule has 3 heteroatoms. The van der Waals surface area contributed by atoms with Crippen LogP contribution in [0.5, 0.6) is 0 Å². The van der Waals surface area contributed by atoms with Crippen molar-refractivity contribution in [2.24, 2.45) is 5.92 Å². The third-order valence-corrected chi connectivity index (χ3v) is 4.29. The molecule has 2 N–H and O–H groups in total. The molecule has 0 aromatic carbocycles. The Morgan fingerprint density at radius 2 is 2.14 bits per heavy atom. The van der Waals surface area contributed by atoms with E-state index in [1.807, 2.05) is 0 Å². The minimum atomic E-state index is -0.271. The zero-order chi connectivity index (χ0) is 9.76. The van der Waals surface area contributed by atoms with Crippen LogP contribution in [-0.4, -0.2) is 47.8 Å². The number of hydrogen-bond acceptors (Lipinski definition) is 3. The first-order valence-corrected chi connectivity index (χ1v) is 5.82. The highest BCUT2D eigenvalue weighted by atomic mass is 16.3. The summed E-state index contributed by atoms with van der Waals surface area (Å²) in [6, 6.07) is 1.28. The number of nitrogens with one attached hydrogen (secondary N) is 1. The van der Waals surface area contributed by atoms with Crippen LogP contribution in [0.1, 0.15) is 25.7 Å². The predicted octanol–water partition coefficient (Wildman–Crippen LogP) is 0.193. The van der Waals surface area contributed by atoms with E-state index in [1.54, 1.807) is 0 Å². The van der Waals surface area contributed by atoms with Gasteiger partial charge in [0.05, 0.1) is 5.60 Å². The van der Waals surface area contributed by atoms with E-state index < -0.39 is 0 Å². The van der Waals surface area contributed by atoms with Crippen molar-refractivity contribution >= 4 is 0 Å². The van der Waals surface area contributed by atoms with E-state index in [4.69, 9.17) is 0 Å². The summed E-state index contributed by atoms with van der Waals surface area (Å²) in [4.78, 5) is 2.38. The highest BCUT2D eigenvalue weighted by Crippen LogP contribution is 2.51. The van der Waals surface area contributed by atoms with Gasteiger partial charge in [-0.2, -0.15) is 0 Å². The summed E-state index contributed by atoms with van der Waals surface area (Å²) in [6.07, 6.45) is 4.37. The zero-order valence-corrected chi connectivity index (χ0v) is 8.87. The summed E-state index contributed by atoms with van der Waals surface area (Å²) >= 11 is 0. The Hall–Kier alpha value is -0.120. The van der Waals surface area contributed by atoms with Gasteiger partial charge in [0.15, 0.2) is 0 Å². The van der Waals surface area contributed by atoms with E-state index in [1.165, 1.54) is 19.5 Å². The molecule has 80 valence electrons. The van der Waals surface area contributed by atoms with Crippen LogP contribution in [0.15, 0.2) is 0 Å². The Kier molecular flexibility index (Phi) is 1.92. The molecular formula is C11H20N2O. The topological polar surface area (TPSA) is 35.5 Å². The maximum absolute atomic E-state index is 9.91. The molecule has 3 saturated carbocycles. The Morgan fingerprint density at radius 1 is 1.36 bits per heavy atom. The molecule has 3 nitrogen and oxygen atoms in total. The van der Waals surface area contributed by atoms with Crippen molar-refractivity contribution in [3.8, 4) is 0 Å². The zero-order valence-electron chi connectivity index (χ0n) is 8.87. The highest BCUT2D eigenvalue weighted by Gasteiger charge is 2.55. The van der Waals surface area contributed by atoms with Crippen molar-refractivity contribution in [3.63, 3.8) is 0 Å². The van der Waals surface area contributed by atoms with E-state index in [0.717, 1.165) is 25.2 Å². The lowest BCUT2D eigenvalue weighted by atomic mass is 9.80. The van der Waals surface area contributed by atoms with Crippen LogP contribution >= 0.6 is 0 Å².